The summed E-state index contributed by atoms with van der Waals surface area (Å²) in [6, 6.07) is 73.0. The first-order valence-corrected chi connectivity index (χ1v) is 21.7. The average Bonchev–Trinajstić information content (AvgIpc) is 3.67. The normalized spacial score (nSPS) is 12.0. The Morgan fingerprint density at radius 2 is 0.871 bits per heavy atom. The maximum absolute atomic E-state index is 6.29. The van der Waals surface area contributed by atoms with Gasteiger partial charge in [0, 0.05) is 27.7 Å². The highest BCUT2D eigenvalue weighted by molar-refractivity contribution is 6.09. The highest BCUT2D eigenvalue weighted by atomic mass is 16.3. The van der Waals surface area contributed by atoms with Crippen LogP contribution in [0.25, 0.3) is 77.2 Å². The summed E-state index contributed by atoms with van der Waals surface area (Å²) in [5.74, 6) is 0. The quantitative estimate of drug-likeness (QED) is 0.160. The summed E-state index contributed by atoms with van der Waals surface area (Å²) in [6.07, 6.45) is 0. The van der Waals surface area contributed by atoms with Gasteiger partial charge in [-0.1, -0.05) is 193 Å². The third kappa shape index (κ3) is 7.26. The molecule has 0 spiro atoms. The minimum absolute atomic E-state index is 0.00229. The lowest BCUT2D eigenvalue weighted by atomic mass is 9.78. The number of anilines is 3. The van der Waals surface area contributed by atoms with E-state index in [0.717, 1.165) is 50.1 Å². The molecule has 9 aromatic carbocycles. The summed E-state index contributed by atoms with van der Waals surface area (Å²) in [5, 5.41) is 4.75. The molecule has 0 aliphatic carbocycles. The summed E-state index contributed by atoms with van der Waals surface area (Å²) >= 11 is 0. The van der Waals surface area contributed by atoms with Gasteiger partial charge in [0.2, 0.25) is 0 Å². The Labute approximate surface area is 365 Å². The molecule has 0 saturated carbocycles. The number of rotatable bonds is 7. The maximum Gasteiger partial charge on any atom is 0.136 e. The summed E-state index contributed by atoms with van der Waals surface area (Å²) < 4.78 is 6.29. The topological polar surface area (TPSA) is 16.4 Å². The molecule has 0 aliphatic heterocycles. The fraction of sp³-hybridized carbons (Fsp3) is 0.133. The van der Waals surface area contributed by atoms with E-state index < -0.39 is 0 Å². The molecule has 10 aromatic rings. The molecule has 0 atom stereocenters. The van der Waals surface area contributed by atoms with Gasteiger partial charge in [-0.15, -0.1) is 0 Å². The minimum atomic E-state index is 0.00229. The maximum atomic E-state index is 6.29. The predicted octanol–water partition coefficient (Wildman–Crippen LogP) is 17.5. The number of furan rings is 1. The second-order valence-electron chi connectivity index (χ2n) is 18.6. The third-order valence-electron chi connectivity index (χ3n) is 12.4. The van der Waals surface area contributed by atoms with Gasteiger partial charge in [-0.3, -0.25) is 0 Å². The van der Waals surface area contributed by atoms with E-state index in [1.807, 2.05) is 12.1 Å². The van der Waals surface area contributed by atoms with Gasteiger partial charge in [0.15, 0.2) is 0 Å². The molecule has 1 aromatic heterocycles. The van der Waals surface area contributed by atoms with E-state index in [-0.39, 0.29) is 10.8 Å². The van der Waals surface area contributed by atoms with Crippen LogP contribution in [-0.4, -0.2) is 0 Å². The van der Waals surface area contributed by atoms with Crippen molar-refractivity contribution >= 4 is 49.8 Å². The molecule has 0 unspecified atom stereocenters. The Bertz CT molecular complexity index is 3190. The Morgan fingerprint density at radius 1 is 0.355 bits per heavy atom. The molecule has 0 radical (unpaired) electrons. The lowest BCUT2D eigenvalue weighted by molar-refractivity contribution is 0.569. The van der Waals surface area contributed by atoms with Crippen LogP contribution in [0.2, 0.25) is 0 Å². The van der Waals surface area contributed by atoms with E-state index in [1.165, 1.54) is 55.3 Å². The van der Waals surface area contributed by atoms with Gasteiger partial charge in [0.05, 0.1) is 5.69 Å². The van der Waals surface area contributed by atoms with Crippen molar-refractivity contribution in [1.29, 1.82) is 0 Å². The second-order valence-corrected chi connectivity index (χ2v) is 18.6. The molecule has 0 amide bonds. The molecular formula is C60H51NO. The summed E-state index contributed by atoms with van der Waals surface area (Å²) in [7, 11) is 0. The smallest absolute Gasteiger partial charge is 0.136 e. The van der Waals surface area contributed by atoms with Crippen LogP contribution in [0, 0.1) is 0 Å². The highest BCUT2D eigenvalue weighted by Crippen LogP contribution is 2.46. The Morgan fingerprint density at radius 3 is 1.53 bits per heavy atom. The van der Waals surface area contributed by atoms with Crippen LogP contribution < -0.4 is 4.90 Å². The van der Waals surface area contributed by atoms with Crippen LogP contribution in [0.3, 0.4) is 0 Å². The van der Waals surface area contributed by atoms with Crippen molar-refractivity contribution in [3.63, 3.8) is 0 Å². The van der Waals surface area contributed by atoms with Crippen LogP contribution in [0.1, 0.15) is 52.7 Å². The number of benzene rings is 9. The van der Waals surface area contributed by atoms with Crippen molar-refractivity contribution in [3.8, 4) is 44.5 Å². The molecule has 10 rings (SSSR count). The van der Waals surface area contributed by atoms with Gasteiger partial charge < -0.3 is 9.32 Å². The zero-order valence-electron chi connectivity index (χ0n) is 36.4. The molecule has 302 valence electrons. The van der Waals surface area contributed by atoms with E-state index in [9.17, 15) is 0 Å². The molecule has 0 fully saturated rings. The zero-order chi connectivity index (χ0) is 42.6. The lowest BCUT2D eigenvalue weighted by Crippen LogP contribution is -2.16. The van der Waals surface area contributed by atoms with Crippen LogP contribution in [0.4, 0.5) is 17.1 Å². The molecule has 1 heterocycles. The van der Waals surface area contributed by atoms with E-state index in [1.54, 1.807) is 0 Å². The Kier molecular flexibility index (Phi) is 9.68. The van der Waals surface area contributed by atoms with E-state index in [0.29, 0.717) is 0 Å². The summed E-state index contributed by atoms with van der Waals surface area (Å²) in [5.41, 5.74) is 17.3. The second kappa shape index (κ2) is 15.4. The number of hydrogen-bond donors (Lipinski definition) is 0. The standard InChI is InChI=1S/C60H51NO/c1-59(2,3)46-36-45(37-47(39-46)60(4,5)6)50-22-14-18-43-19-15-23-54(58(43)50)51-20-10-12-24-55(51)61(48-31-26-41(27-32-48)40-16-8-7-9-17-40)49-33-28-42(29-34-49)44-30-35-53-52-21-11-13-25-56(52)62-57(53)38-44/h7-39H,1-6H3. The van der Waals surface area contributed by atoms with E-state index in [4.69, 9.17) is 4.42 Å². The van der Waals surface area contributed by atoms with Crippen LogP contribution >= 0.6 is 0 Å². The number of nitrogens with zero attached hydrogens (tertiary/aromatic N) is 1. The third-order valence-corrected chi connectivity index (χ3v) is 12.4. The van der Waals surface area contributed by atoms with Crippen molar-refractivity contribution in [1.82, 2.24) is 0 Å². The fourth-order valence-corrected chi connectivity index (χ4v) is 8.92. The van der Waals surface area contributed by atoms with Crippen molar-refractivity contribution < 1.29 is 4.42 Å². The Hall–Kier alpha value is -7.16. The molecule has 0 bridgehead atoms. The van der Waals surface area contributed by atoms with Crippen LogP contribution in [-0.2, 0) is 10.8 Å². The number of hydrogen-bond acceptors (Lipinski definition) is 2. The average molecular weight is 802 g/mol. The summed E-state index contributed by atoms with van der Waals surface area (Å²) in [4.78, 5) is 2.41. The van der Waals surface area contributed by atoms with Crippen molar-refractivity contribution in [2.45, 2.75) is 52.4 Å². The van der Waals surface area contributed by atoms with Gasteiger partial charge in [0.25, 0.3) is 0 Å². The molecule has 0 N–H and O–H groups in total. The van der Waals surface area contributed by atoms with E-state index >= 15 is 0 Å². The monoisotopic (exact) mass is 801 g/mol. The van der Waals surface area contributed by atoms with Gasteiger partial charge in [0.1, 0.15) is 11.2 Å². The SMILES string of the molecule is CC(C)(C)c1cc(-c2cccc3cccc(-c4ccccc4N(c4ccc(-c5ccccc5)cc4)c4ccc(-c5ccc6c(c5)oc5ccccc56)cc4)c23)cc(C(C)(C)C)c1. The van der Waals surface area contributed by atoms with Gasteiger partial charge in [-0.05, 0) is 120 Å². The molecule has 62 heavy (non-hydrogen) atoms. The molecule has 2 heteroatoms. The Balaban J connectivity index is 1.14. The van der Waals surface area contributed by atoms with Gasteiger partial charge >= 0.3 is 0 Å². The van der Waals surface area contributed by atoms with Crippen LogP contribution in [0.15, 0.2) is 205 Å². The largest absolute Gasteiger partial charge is 0.456 e. The molecule has 0 aliphatic rings. The predicted molar refractivity (Wildman–Crippen MR) is 265 cm³/mol. The number of fused-ring (bicyclic) bond motifs is 4. The van der Waals surface area contributed by atoms with Gasteiger partial charge in [-0.2, -0.15) is 0 Å². The molecule has 2 nitrogen and oxygen atoms in total. The first kappa shape index (κ1) is 39.0. The van der Waals surface area contributed by atoms with Gasteiger partial charge in [-0.25, -0.2) is 0 Å². The van der Waals surface area contributed by atoms with Crippen molar-refractivity contribution in [2.24, 2.45) is 0 Å². The molecule has 0 saturated heterocycles. The summed E-state index contributed by atoms with van der Waals surface area (Å²) in [6.45, 7) is 13.9. The molecular weight excluding hydrogens is 751 g/mol. The zero-order valence-corrected chi connectivity index (χ0v) is 36.4. The minimum Gasteiger partial charge on any atom is -0.456 e. The van der Waals surface area contributed by atoms with Crippen molar-refractivity contribution in [3.05, 3.63) is 211 Å². The van der Waals surface area contributed by atoms with Crippen LogP contribution in [0.5, 0.6) is 0 Å². The van der Waals surface area contributed by atoms with E-state index in [2.05, 4.69) is 234 Å². The number of para-hydroxylation sites is 2. The highest BCUT2D eigenvalue weighted by Gasteiger charge is 2.24. The first-order valence-electron chi connectivity index (χ1n) is 21.7. The van der Waals surface area contributed by atoms with Crippen molar-refractivity contribution in [2.75, 3.05) is 4.90 Å². The first-order chi connectivity index (χ1) is 30.0. The fourth-order valence-electron chi connectivity index (χ4n) is 8.92. The lowest BCUT2D eigenvalue weighted by Gasteiger charge is -2.29.